The molecule has 4 rings (SSSR count). The average molecular weight is 405 g/mol. The van der Waals surface area contributed by atoms with Gasteiger partial charge in [0.1, 0.15) is 0 Å². The van der Waals surface area contributed by atoms with E-state index in [-0.39, 0.29) is 22.6 Å². The van der Waals surface area contributed by atoms with Gasteiger partial charge >= 0.3 is 0 Å². The van der Waals surface area contributed by atoms with E-state index in [0.29, 0.717) is 10.6 Å². The van der Waals surface area contributed by atoms with Crippen molar-refractivity contribution in [3.05, 3.63) is 46.1 Å². The molecular formula is C14H14Cl2N4O2S2. The van der Waals surface area contributed by atoms with Gasteiger partial charge in [-0.15, -0.1) is 23.7 Å². The Balaban J connectivity index is 0.00000169. The molecule has 2 aromatic heterocycles. The highest BCUT2D eigenvalue weighted by Gasteiger charge is 2.26. The lowest BCUT2D eigenvalue weighted by Crippen LogP contribution is -2.25. The van der Waals surface area contributed by atoms with Crippen LogP contribution in [0.4, 0.5) is 5.69 Å². The molecule has 0 spiro atoms. The number of aromatic nitrogens is 2. The maximum Gasteiger partial charge on any atom is 0.281 e. The summed E-state index contributed by atoms with van der Waals surface area (Å²) in [4.78, 5) is 4.64. The highest BCUT2D eigenvalue weighted by Crippen LogP contribution is 2.29. The number of hydrogen-bond acceptors (Lipinski definition) is 5. The van der Waals surface area contributed by atoms with Crippen LogP contribution in [0.1, 0.15) is 11.1 Å². The normalized spacial score (nSPS) is 14.2. The van der Waals surface area contributed by atoms with Crippen LogP contribution in [0.15, 0.2) is 34.8 Å². The molecule has 0 bridgehead atoms. The molecule has 0 radical (unpaired) electrons. The number of hydrogen-bond donors (Lipinski definition) is 2. The predicted molar refractivity (Wildman–Crippen MR) is 98.0 cm³/mol. The minimum Gasteiger partial charge on any atom is -0.312 e. The number of thiazole rings is 1. The van der Waals surface area contributed by atoms with Crippen LogP contribution in [0.3, 0.4) is 0 Å². The van der Waals surface area contributed by atoms with Crippen LogP contribution in [0, 0.1) is 0 Å². The van der Waals surface area contributed by atoms with E-state index >= 15 is 0 Å². The number of sulfonamides is 1. The number of imidazole rings is 1. The molecule has 1 aliphatic heterocycles. The fourth-order valence-electron chi connectivity index (χ4n) is 2.80. The van der Waals surface area contributed by atoms with Crippen LogP contribution >= 0.6 is 35.3 Å². The Bertz CT molecular complexity index is 998. The molecule has 3 heterocycles. The summed E-state index contributed by atoms with van der Waals surface area (Å²) in [5, 5.41) is 5.01. The summed E-state index contributed by atoms with van der Waals surface area (Å²) in [5.74, 6) is 0. The molecule has 0 unspecified atom stereocenters. The van der Waals surface area contributed by atoms with E-state index in [9.17, 15) is 8.42 Å². The van der Waals surface area contributed by atoms with Crippen molar-refractivity contribution >= 4 is 56.0 Å². The lowest BCUT2D eigenvalue weighted by Gasteiger charge is -2.20. The Morgan fingerprint density at radius 1 is 1.38 bits per heavy atom. The summed E-state index contributed by atoms with van der Waals surface area (Å²) >= 11 is 7.38. The largest absolute Gasteiger partial charge is 0.312 e. The van der Waals surface area contributed by atoms with E-state index in [1.165, 1.54) is 15.7 Å². The minimum absolute atomic E-state index is 0. The SMILES string of the molecule is Cl.O=S(=O)(Nc1cccc2c1CCNC2)c1c(Cl)nc2sccn12. The van der Waals surface area contributed by atoms with Crippen molar-refractivity contribution in [3.63, 3.8) is 0 Å². The van der Waals surface area contributed by atoms with Crippen molar-refractivity contribution < 1.29 is 8.42 Å². The molecule has 0 saturated heterocycles. The third-order valence-electron chi connectivity index (χ3n) is 3.82. The molecule has 1 aromatic carbocycles. The lowest BCUT2D eigenvalue weighted by molar-refractivity contribution is 0.596. The monoisotopic (exact) mass is 404 g/mol. The van der Waals surface area contributed by atoms with Crippen LogP contribution in [-0.4, -0.2) is 24.3 Å². The second-order valence-corrected chi connectivity index (χ2v) is 8.07. The van der Waals surface area contributed by atoms with Crippen LogP contribution in [0.25, 0.3) is 4.96 Å². The van der Waals surface area contributed by atoms with Crippen molar-refractivity contribution in [2.24, 2.45) is 0 Å². The summed E-state index contributed by atoms with van der Waals surface area (Å²) in [6, 6.07) is 5.63. The van der Waals surface area contributed by atoms with Crippen LogP contribution < -0.4 is 10.0 Å². The van der Waals surface area contributed by atoms with Crippen LogP contribution in [-0.2, 0) is 23.0 Å². The summed E-state index contributed by atoms with van der Waals surface area (Å²) in [5.41, 5.74) is 2.73. The highest BCUT2D eigenvalue weighted by molar-refractivity contribution is 7.92. The average Bonchev–Trinajstić information content (AvgIpc) is 3.06. The van der Waals surface area contributed by atoms with Crippen LogP contribution in [0.5, 0.6) is 0 Å². The Kier molecular flexibility index (Phi) is 4.76. The predicted octanol–water partition coefficient (Wildman–Crippen LogP) is 2.92. The minimum atomic E-state index is -3.83. The topological polar surface area (TPSA) is 75.5 Å². The van der Waals surface area contributed by atoms with Crippen molar-refractivity contribution in [1.82, 2.24) is 14.7 Å². The third kappa shape index (κ3) is 2.89. The van der Waals surface area contributed by atoms with Gasteiger partial charge in [0.25, 0.3) is 10.0 Å². The van der Waals surface area contributed by atoms with Gasteiger partial charge < -0.3 is 5.32 Å². The van der Waals surface area contributed by atoms with E-state index in [0.717, 1.165) is 30.6 Å². The van der Waals surface area contributed by atoms with Crippen molar-refractivity contribution in [2.45, 2.75) is 18.0 Å². The lowest BCUT2D eigenvalue weighted by atomic mass is 9.99. The van der Waals surface area contributed by atoms with Gasteiger partial charge in [-0.2, -0.15) is 8.42 Å². The number of rotatable bonds is 3. The smallest absolute Gasteiger partial charge is 0.281 e. The molecule has 6 nitrogen and oxygen atoms in total. The Labute approximate surface area is 154 Å². The number of benzene rings is 1. The van der Waals surface area contributed by atoms with Crippen molar-refractivity contribution in [2.75, 3.05) is 11.3 Å². The fraction of sp³-hybridized carbons (Fsp3) is 0.214. The van der Waals surface area contributed by atoms with Crippen molar-refractivity contribution in [3.8, 4) is 0 Å². The number of nitrogens with zero attached hydrogens (tertiary/aromatic N) is 2. The quantitative estimate of drug-likeness (QED) is 0.703. The Morgan fingerprint density at radius 2 is 2.21 bits per heavy atom. The van der Waals surface area contributed by atoms with Gasteiger partial charge in [-0.05, 0) is 30.2 Å². The van der Waals surface area contributed by atoms with Gasteiger partial charge in [0.2, 0.25) is 0 Å². The zero-order valence-electron chi connectivity index (χ0n) is 12.3. The van der Waals surface area contributed by atoms with E-state index in [4.69, 9.17) is 11.6 Å². The van der Waals surface area contributed by atoms with E-state index in [2.05, 4.69) is 15.0 Å². The highest BCUT2D eigenvalue weighted by atomic mass is 35.5. The number of anilines is 1. The van der Waals surface area contributed by atoms with Crippen LogP contribution in [0.2, 0.25) is 5.15 Å². The van der Waals surface area contributed by atoms with Gasteiger partial charge in [-0.25, -0.2) is 4.98 Å². The molecule has 0 atom stereocenters. The Morgan fingerprint density at radius 3 is 3.04 bits per heavy atom. The summed E-state index contributed by atoms with van der Waals surface area (Å²) in [6.07, 6.45) is 2.43. The molecule has 0 fully saturated rings. The van der Waals surface area contributed by atoms with E-state index in [1.54, 1.807) is 17.6 Å². The molecule has 128 valence electrons. The zero-order chi connectivity index (χ0) is 16.0. The summed E-state index contributed by atoms with van der Waals surface area (Å²) in [7, 11) is -3.83. The number of fused-ring (bicyclic) bond motifs is 2. The maximum atomic E-state index is 12.8. The Hall–Kier alpha value is -1.32. The molecule has 2 N–H and O–H groups in total. The maximum absolute atomic E-state index is 12.8. The zero-order valence-corrected chi connectivity index (χ0v) is 15.5. The van der Waals surface area contributed by atoms with Gasteiger partial charge in [-0.1, -0.05) is 23.7 Å². The summed E-state index contributed by atoms with van der Waals surface area (Å²) < 4.78 is 29.8. The van der Waals surface area contributed by atoms with Crippen molar-refractivity contribution in [1.29, 1.82) is 0 Å². The summed E-state index contributed by atoms with van der Waals surface area (Å²) in [6.45, 7) is 1.57. The molecule has 1 aliphatic rings. The number of nitrogens with one attached hydrogen (secondary N) is 2. The first-order chi connectivity index (χ1) is 11.1. The second kappa shape index (κ2) is 6.53. The molecule has 10 heteroatoms. The molecule has 0 saturated carbocycles. The second-order valence-electron chi connectivity index (χ2n) is 5.24. The molecule has 0 aliphatic carbocycles. The van der Waals surface area contributed by atoms with E-state index in [1.807, 2.05) is 12.1 Å². The molecule has 24 heavy (non-hydrogen) atoms. The first kappa shape index (κ1) is 17.5. The van der Waals surface area contributed by atoms with Gasteiger partial charge in [0, 0.05) is 18.1 Å². The first-order valence-corrected chi connectivity index (χ1v) is 9.76. The van der Waals surface area contributed by atoms with Gasteiger partial charge in [0.15, 0.2) is 15.1 Å². The number of halogens is 2. The third-order valence-corrected chi connectivity index (χ3v) is 6.34. The van der Waals surface area contributed by atoms with E-state index < -0.39 is 10.0 Å². The molecule has 0 amide bonds. The standard InChI is InChI=1S/C14H13ClN4O2S2.ClH/c15-12-13(19-6-7-22-14(19)17-12)23(20,21)18-11-3-1-2-9-8-16-5-4-10(9)11;/h1-3,6-7,16,18H,4-5,8H2;1H. The fourth-order valence-corrected chi connectivity index (χ4v) is 5.35. The molecule has 3 aromatic rings. The van der Waals surface area contributed by atoms with Gasteiger partial charge in [-0.3, -0.25) is 9.12 Å². The molecular weight excluding hydrogens is 391 g/mol. The first-order valence-electron chi connectivity index (χ1n) is 7.01. The van der Waals surface area contributed by atoms with Gasteiger partial charge in [0.05, 0.1) is 5.69 Å².